The topological polar surface area (TPSA) is 46.2 Å². The van der Waals surface area contributed by atoms with Crippen LogP contribution in [0.2, 0.25) is 0 Å². The summed E-state index contributed by atoms with van der Waals surface area (Å²) in [6, 6.07) is 10.5. The van der Waals surface area contributed by atoms with Gasteiger partial charge in [0.15, 0.2) is 0 Å². The van der Waals surface area contributed by atoms with Gasteiger partial charge in [0.2, 0.25) is 0 Å². The summed E-state index contributed by atoms with van der Waals surface area (Å²) in [4.78, 5) is 1.08. The second-order valence-electron chi connectivity index (χ2n) is 3.44. The zero-order valence-corrected chi connectivity index (χ0v) is 12.2. The van der Waals surface area contributed by atoms with Gasteiger partial charge < -0.3 is 0 Å². The fourth-order valence-corrected chi connectivity index (χ4v) is 4.89. The molecule has 2 rings (SSSR count). The predicted octanol–water partition coefficient (Wildman–Crippen LogP) is 3.62. The van der Waals surface area contributed by atoms with Crippen LogP contribution < -0.4 is 4.72 Å². The zero-order chi connectivity index (χ0) is 12.5. The van der Waals surface area contributed by atoms with Crippen LogP contribution in [0.25, 0.3) is 0 Å². The molecule has 0 aliphatic rings. The molecule has 0 unspecified atom stereocenters. The maximum absolute atomic E-state index is 12.1. The summed E-state index contributed by atoms with van der Waals surface area (Å²) in [5, 5.41) is 0. The first-order valence-corrected chi connectivity index (χ1v) is 7.92. The van der Waals surface area contributed by atoms with Gasteiger partial charge in [0, 0.05) is 10.6 Å². The molecule has 6 heteroatoms. The molecule has 0 spiro atoms. The fraction of sp³-hybridized carbons (Fsp3) is 0.0909. The van der Waals surface area contributed by atoms with Crippen LogP contribution in [0.5, 0.6) is 0 Å². The van der Waals surface area contributed by atoms with E-state index in [1.165, 1.54) is 11.3 Å². The summed E-state index contributed by atoms with van der Waals surface area (Å²) >= 11 is 4.69. The highest BCUT2D eigenvalue weighted by atomic mass is 79.9. The highest BCUT2D eigenvalue weighted by Gasteiger charge is 2.19. The Kier molecular flexibility index (Phi) is 3.56. The Labute approximate surface area is 113 Å². The highest BCUT2D eigenvalue weighted by molar-refractivity contribution is 9.11. The molecule has 1 aromatic carbocycles. The SMILES string of the molecule is Cc1sc(Br)cc1S(=O)(=O)Nc1ccccc1. The van der Waals surface area contributed by atoms with Crippen LogP contribution in [-0.4, -0.2) is 8.42 Å². The van der Waals surface area contributed by atoms with Crippen molar-refractivity contribution in [2.45, 2.75) is 11.8 Å². The third-order valence-corrected chi connectivity index (χ3v) is 5.35. The number of sulfonamides is 1. The van der Waals surface area contributed by atoms with E-state index in [9.17, 15) is 8.42 Å². The maximum Gasteiger partial charge on any atom is 0.263 e. The van der Waals surface area contributed by atoms with Gasteiger partial charge in [0.1, 0.15) is 4.90 Å². The van der Waals surface area contributed by atoms with E-state index in [1.807, 2.05) is 6.07 Å². The molecule has 2 aromatic rings. The third-order valence-electron chi connectivity index (χ3n) is 2.16. The van der Waals surface area contributed by atoms with Crippen molar-refractivity contribution < 1.29 is 8.42 Å². The number of hydrogen-bond donors (Lipinski definition) is 1. The summed E-state index contributed by atoms with van der Waals surface area (Å²) in [7, 11) is -3.49. The quantitative estimate of drug-likeness (QED) is 0.933. The molecule has 0 aliphatic heterocycles. The van der Waals surface area contributed by atoms with E-state index in [0.717, 1.165) is 8.66 Å². The largest absolute Gasteiger partial charge is 0.280 e. The van der Waals surface area contributed by atoms with E-state index in [4.69, 9.17) is 0 Å². The Morgan fingerprint density at radius 2 is 1.88 bits per heavy atom. The molecule has 1 N–H and O–H groups in total. The molecule has 0 atom stereocenters. The van der Waals surface area contributed by atoms with Gasteiger partial charge in [-0.1, -0.05) is 18.2 Å². The molecule has 1 aromatic heterocycles. The smallest absolute Gasteiger partial charge is 0.263 e. The normalized spacial score (nSPS) is 11.4. The first kappa shape index (κ1) is 12.6. The van der Waals surface area contributed by atoms with Gasteiger partial charge in [-0.15, -0.1) is 11.3 Å². The minimum absolute atomic E-state index is 0.318. The van der Waals surface area contributed by atoms with Gasteiger partial charge >= 0.3 is 0 Å². The number of para-hydroxylation sites is 1. The molecule has 3 nitrogen and oxygen atoms in total. The summed E-state index contributed by atoms with van der Waals surface area (Å²) in [6.45, 7) is 1.79. The fourth-order valence-electron chi connectivity index (χ4n) is 1.41. The number of aryl methyl sites for hydroxylation is 1. The molecule has 90 valence electrons. The summed E-state index contributed by atoms with van der Waals surface area (Å²) in [5.74, 6) is 0. The molecule has 0 amide bonds. The molecule has 1 heterocycles. The minimum atomic E-state index is -3.49. The summed E-state index contributed by atoms with van der Waals surface area (Å²) in [5.41, 5.74) is 0.564. The number of halogens is 1. The lowest BCUT2D eigenvalue weighted by atomic mass is 10.3. The predicted molar refractivity (Wildman–Crippen MR) is 74.0 cm³/mol. The first-order chi connectivity index (χ1) is 7.99. The van der Waals surface area contributed by atoms with E-state index < -0.39 is 10.0 Å². The van der Waals surface area contributed by atoms with Crippen LogP contribution in [0.1, 0.15) is 4.88 Å². The zero-order valence-electron chi connectivity index (χ0n) is 8.98. The number of thiophene rings is 1. The number of anilines is 1. The second-order valence-corrected chi connectivity index (χ2v) is 7.73. The first-order valence-electron chi connectivity index (χ1n) is 4.83. The Morgan fingerprint density at radius 3 is 2.41 bits per heavy atom. The standard InChI is InChI=1S/C11H10BrNO2S2/c1-8-10(7-11(12)16-8)17(14,15)13-9-5-3-2-4-6-9/h2-7,13H,1H3. The maximum atomic E-state index is 12.1. The Hall–Kier alpha value is -0.850. The highest BCUT2D eigenvalue weighted by Crippen LogP contribution is 2.30. The lowest BCUT2D eigenvalue weighted by molar-refractivity contribution is 0.601. The van der Waals surface area contributed by atoms with Crippen LogP contribution in [0, 0.1) is 6.92 Å². The van der Waals surface area contributed by atoms with Crippen molar-refractivity contribution in [3.05, 3.63) is 45.1 Å². The van der Waals surface area contributed by atoms with Crippen LogP contribution >= 0.6 is 27.3 Å². The third kappa shape index (κ3) is 2.88. The van der Waals surface area contributed by atoms with Crippen molar-refractivity contribution in [3.8, 4) is 0 Å². The van der Waals surface area contributed by atoms with Crippen molar-refractivity contribution in [2.75, 3.05) is 4.72 Å². The van der Waals surface area contributed by atoms with Crippen LogP contribution in [0.4, 0.5) is 5.69 Å². The van der Waals surface area contributed by atoms with Gasteiger partial charge in [0.05, 0.1) is 3.79 Å². The molecule has 0 saturated heterocycles. The van der Waals surface area contributed by atoms with Gasteiger partial charge in [-0.25, -0.2) is 8.42 Å². The number of benzene rings is 1. The van der Waals surface area contributed by atoms with Gasteiger partial charge in [0.25, 0.3) is 10.0 Å². The molecular weight excluding hydrogens is 322 g/mol. The lowest BCUT2D eigenvalue weighted by Gasteiger charge is -2.06. The van der Waals surface area contributed by atoms with E-state index in [2.05, 4.69) is 20.7 Å². The minimum Gasteiger partial charge on any atom is -0.280 e. The van der Waals surface area contributed by atoms with E-state index >= 15 is 0 Å². The molecule has 0 saturated carbocycles. The average molecular weight is 332 g/mol. The van der Waals surface area contributed by atoms with Gasteiger partial charge in [-0.2, -0.15) is 0 Å². The monoisotopic (exact) mass is 331 g/mol. The van der Waals surface area contributed by atoms with E-state index in [-0.39, 0.29) is 0 Å². The van der Waals surface area contributed by atoms with Crippen LogP contribution in [0.15, 0.2) is 45.1 Å². The molecule has 17 heavy (non-hydrogen) atoms. The lowest BCUT2D eigenvalue weighted by Crippen LogP contribution is -2.12. The van der Waals surface area contributed by atoms with Crippen molar-refractivity contribution in [2.24, 2.45) is 0 Å². The number of hydrogen-bond acceptors (Lipinski definition) is 3. The molecular formula is C11H10BrNO2S2. The summed E-state index contributed by atoms with van der Waals surface area (Å²) < 4.78 is 27.6. The van der Waals surface area contributed by atoms with E-state index in [0.29, 0.717) is 10.6 Å². The van der Waals surface area contributed by atoms with Crippen molar-refractivity contribution in [1.29, 1.82) is 0 Å². The van der Waals surface area contributed by atoms with Crippen molar-refractivity contribution in [1.82, 2.24) is 0 Å². The number of nitrogens with one attached hydrogen (secondary N) is 1. The van der Waals surface area contributed by atoms with E-state index in [1.54, 1.807) is 37.3 Å². The number of rotatable bonds is 3. The molecule has 0 aliphatic carbocycles. The molecule has 0 radical (unpaired) electrons. The van der Waals surface area contributed by atoms with Crippen molar-refractivity contribution in [3.63, 3.8) is 0 Å². The molecule has 0 fully saturated rings. The Morgan fingerprint density at radius 1 is 1.24 bits per heavy atom. The van der Waals surface area contributed by atoms with Gasteiger partial charge in [-0.05, 0) is 41.1 Å². The Balaban J connectivity index is 2.35. The Bertz CT molecular complexity index is 620. The van der Waals surface area contributed by atoms with Gasteiger partial charge in [-0.3, -0.25) is 4.72 Å². The van der Waals surface area contributed by atoms with Crippen LogP contribution in [0.3, 0.4) is 0 Å². The second kappa shape index (κ2) is 4.80. The summed E-state index contributed by atoms with van der Waals surface area (Å²) in [6.07, 6.45) is 0. The molecule has 0 bridgehead atoms. The van der Waals surface area contributed by atoms with Crippen molar-refractivity contribution >= 4 is 43.0 Å². The van der Waals surface area contributed by atoms with Crippen LogP contribution in [-0.2, 0) is 10.0 Å². The average Bonchev–Trinajstić information content (AvgIpc) is 2.59.